The fourth-order valence-corrected chi connectivity index (χ4v) is 5.56. The Morgan fingerprint density at radius 1 is 1.29 bits per heavy atom. The lowest BCUT2D eigenvalue weighted by molar-refractivity contribution is -0.139. The minimum atomic E-state index is -0.0869. The largest absolute Gasteiger partial charge is 0.375 e. The topological polar surface area (TPSA) is 85.7 Å². The molecule has 0 aliphatic carbocycles. The lowest BCUT2D eigenvalue weighted by atomic mass is 9.98. The number of nitrogens with zero attached hydrogens (tertiary/aromatic N) is 3. The zero-order valence-electron chi connectivity index (χ0n) is 21.2. The summed E-state index contributed by atoms with van der Waals surface area (Å²) in [5, 5.41) is 16.3. The number of hydrogen-bond donors (Lipinski definition) is 1. The van der Waals surface area contributed by atoms with Crippen molar-refractivity contribution >= 4 is 23.2 Å². The number of carbonyl (C=O) groups is 2. The van der Waals surface area contributed by atoms with E-state index in [1.165, 1.54) is 5.56 Å². The van der Waals surface area contributed by atoms with Gasteiger partial charge in [0, 0.05) is 50.9 Å². The van der Waals surface area contributed by atoms with Gasteiger partial charge in [-0.3, -0.25) is 9.59 Å². The SMILES string of the molecule is COCC(=O)N(Cc1ccsc1)C1CCN(C(C)CCNC(=O)c2c(C)cc(C#N)cc2C)CC1. The van der Waals surface area contributed by atoms with Gasteiger partial charge < -0.3 is 19.9 Å². The molecule has 2 heterocycles. The Morgan fingerprint density at radius 2 is 1.97 bits per heavy atom. The fourth-order valence-electron chi connectivity index (χ4n) is 4.90. The molecular weight excluding hydrogens is 460 g/mol. The van der Waals surface area contributed by atoms with Crippen LogP contribution in [0.5, 0.6) is 0 Å². The van der Waals surface area contributed by atoms with Gasteiger partial charge in [0.15, 0.2) is 0 Å². The van der Waals surface area contributed by atoms with Crippen LogP contribution < -0.4 is 5.32 Å². The number of benzene rings is 1. The highest BCUT2D eigenvalue weighted by atomic mass is 32.1. The number of amides is 2. The monoisotopic (exact) mass is 496 g/mol. The molecule has 188 valence electrons. The molecule has 35 heavy (non-hydrogen) atoms. The van der Waals surface area contributed by atoms with Crippen LogP contribution in [-0.2, 0) is 16.1 Å². The van der Waals surface area contributed by atoms with E-state index in [1.807, 2.05) is 24.1 Å². The summed E-state index contributed by atoms with van der Waals surface area (Å²) < 4.78 is 5.13. The zero-order valence-corrected chi connectivity index (χ0v) is 22.0. The second kappa shape index (κ2) is 12.8. The Kier molecular flexibility index (Phi) is 9.84. The average molecular weight is 497 g/mol. The van der Waals surface area contributed by atoms with E-state index in [4.69, 9.17) is 10.00 Å². The summed E-state index contributed by atoms with van der Waals surface area (Å²) in [6.45, 7) is 9.12. The summed E-state index contributed by atoms with van der Waals surface area (Å²) in [4.78, 5) is 29.9. The molecule has 0 spiro atoms. The third-order valence-electron chi connectivity index (χ3n) is 6.82. The molecular formula is C27H36N4O3S. The molecule has 2 aromatic rings. The number of carbonyl (C=O) groups excluding carboxylic acids is 2. The van der Waals surface area contributed by atoms with E-state index in [1.54, 1.807) is 30.6 Å². The first-order chi connectivity index (χ1) is 16.8. The van der Waals surface area contributed by atoms with Crippen molar-refractivity contribution in [3.63, 3.8) is 0 Å². The number of thiophene rings is 1. The molecule has 1 aliphatic rings. The van der Waals surface area contributed by atoms with Crippen LogP contribution in [0.3, 0.4) is 0 Å². The van der Waals surface area contributed by atoms with Gasteiger partial charge in [0.25, 0.3) is 5.91 Å². The Labute approximate surface area is 212 Å². The maximum absolute atomic E-state index is 12.8. The third-order valence-corrected chi connectivity index (χ3v) is 7.55. The van der Waals surface area contributed by atoms with E-state index < -0.39 is 0 Å². The molecule has 1 saturated heterocycles. The highest BCUT2D eigenvalue weighted by Gasteiger charge is 2.29. The van der Waals surface area contributed by atoms with Crippen LogP contribution >= 0.6 is 11.3 Å². The van der Waals surface area contributed by atoms with Gasteiger partial charge in [-0.25, -0.2) is 0 Å². The number of piperidine rings is 1. The van der Waals surface area contributed by atoms with Crippen LogP contribution in [0.1, 0.15) is 58.8 Å². The van der Waals surface area contributed by atoms with Crippen molar-refractivity contribution < 1.29 is 14.3 Å². The number of ether oxygens (including phenoxy) is 1. The van der Waals surface area contributed by atoms with Crippen molar-refractivity contribution in [3.8, 4) is 6.07 Å². The smallest absolute Gasteiger partial charge is 0.251 e. The van der Waals surface area contributed by atoms with E-state index in [9.17, 15) is 9.59 Å². The van der Waals surface area contributed by atoms with Gasteiger partial charge in [-0.15, -0.1) is 0 Å². The number of nitriles is 1. The van der Waals surface area contributed by atoms with Gasteiger partial charge in [-0.05, 0) is 85.7 Å². The highest BCUT2D eigenvalue weighted by Crippen LogP contribution is 2.22. The van der Waals surface area contributed by atoms with Gasteiger partial charge in [-0.1, -0.05) is 0 Å². The number of methoxy groups -OCH3 is 1. The summed E-state index contributed by atoms with van der Waals surface area (Å²) >= 11 is 1.65. The van der Waals surface area contributed by atoms with Gasteiger partial charge in [0.2, 0.25) is 5.91 Å². The standard InChI is InChI=1S/C27H36N4O3S/c1-19-13-23(15-28)14-20(2)26(19)27(33)29-9-5-21(3)30-10-6-24(7-11-30)31(25(32)17-34-4)16-22-8-12-35-18-22/h8,12-14,18,21,24H,5-7,9-11,16-17H2,1-4H3,(H,29,33). The predicted molar refractivity (Wildman–Crippen MR) is 138 cm³/mol. The van der Waals surface area contributed by atoms with Crippen LogP contribution in [0.15, 0.2) is 29.0 Å². The molecule has 8 heteroatoms. The molecule has 0 saturated carbocycles. The minimum absolute atomic E-state index is 0.0429. The van der Waals surface area contributed by atoms with Gasteiger partial charge in [-0.2, -0.15) is 16.6 Å². The molecule has 1 unspecified atom stereocenters. The minimum Gasteiger partial charge on any atom is -0.375 e. The molecule has 1 atom stereocenters. The second-order valence-corrected chi connectivity index (χ2v) is 10.1. The van der Waals surface area contributed by atoms with E-state index in [0.29, 0.717) is 30.3 Å². The van der Waals surface area contributed by atoms with Crippen LogP contribution in [0.2, 0.25) is 0 Å². The Morgan fingerprint density at radius 3 is 2.54 bits per heavy atom. The summed E-state index contributed by atoms with van der Waals surface area (Å²) in [6, 6.07) is 8.27. The number of hydrogen-bond acceptors (Lipinski definition) is 6. The van der Waals surface area contributed by atoms with Crippen LogP contribution in [0.25, 0.3) is 0 Å². The molecule has 1 N–H and O–H groups in total. The number of rotatable bonds is 10. The lowest BCUT2D eigenvalue weighted by Gasteiger charge is -2.40. The van der Waals surface area contributed by atoms with Crippen molar-refractivity contribution in [2.45, 2.75) is 58.7 Å². The van der Waals surface area contributed by atoms with E-state index in [0.717, 1.165) is 43.5 Å². The summed E-state index contributed by atoms with van der Waals surface area (Å²) in [6.07, 6.45) is 2.71. The molecule has 0 radical (unpaired) electrons. The number of aryl methyl sites for hydroxylation is 2. The van der Waals surface area contributed by atoms with E-state index in [2.05, 4.69) is 34.7 Å². The summed E-state index contributed by atoms with van der Waals surface area (Å²) in [5.41, 5.74) is 4.04. The number of nitrogens with one attached hydrogen (secondary N) is 1. The van der Waals surface area contributed by atoms with Crippen molar-refractivity contribution in [2.75, 3.05) is 33.4 Å². The molecule has 1 aromatic heterocycles. The molecule has 1 fully saturated rings. The molecule has 1 aromatic carbocycles. The van der Waals surface area contributed by atoms with Crippen molar-refractivity contribution in [3.05, 3.63) is 56.8 Å². The fraction of sp³-hybridized carbons (Fsp3) is 0.519. The second-order valence-electron chi connectivity index (χ2n) is 9.34. The molecule has 0 bridgehead atoms. The molecule has 3 rings (SSSR count). The van der Waals surface area contributed by atoms with Crippen LogP contribution in [-0.4, -0.2) is 67.0 Å². The van der Waals surface area contributed by atoms with E-state index >= 15 is 0 Å². The Hall–Kier alpha value is -2.73. The van der Waals surface area contributed by atoms with E-state index in [-0.39, 0.29) is 24.5 Å². The zero-order chi connectivity index (χ0) is 25.4. The summed E-state index contributed by atoms with van der Waals surface area (Å²) in [5.74, 6) is -0.0441. The lowest BCUT2D eigenvalue weighted by Crippen LogP contribution is -2.50. The van der Waals surface area contributed by atoms with Gasteiger partial charge >= 0.3 is 0 Å². The third kappa shape index (κ3) is 7.14. The maximum atomic E-state index is 12.8. The first-order valence-corrected chi connectivity index (χ1v) is 13.1. The Balaban J connectivity index is 1.49. The average Bonchev–Trinajstić information content (AvgIpc) is 3.35. The van der Waals surface area contributed by atoms with Crippen molar-refractivity contribution in [1.29, 1.82) is 5.26 Å². The summed E-state index contributed by atoms with van der Waals surface area (Å²) in [7, 11) is 1.56. The van der Waals surface area contributed by atoms with Gasteiger partial charge in [0.05, 0.1) is 11.6 Å². The predicted octanol–water partition coefficient (Wildman–Crippen LogP) is 3.88. The quantitative estimate of drug-likeness (QED) is 0.539. The maximum Gasteiger partial charge on any atom is 0.251 e. The first-order valence-electron chi connectivity index (χ1n) is 12.2. The Bertz CT molecular complexity index is 1020. The first kappa shape index (κ1) is 26.9. The molecule has 1 aliphatic heterocycles. The van der Waals surface area contributed by atoms with Crippen molar-refractivity contribution in [2.24, 2.45) is 0 Å². The molecule has 2 amide bonds. The van der Waals surface area contributed by atoms with Crippen LogP contribution in [0, 0.1) is 25.2 Å². The highest BCUT2D eigenvalue weighted by molar-refractivity contribution is 7.07. The van der Waals surface area contributed by atoms with Gasteiger partial charge in [0.1, 0.15) is 6.61 Å². The number of likely N-dealkylation sites (tertiary alicyclic amines) is 1. The molecule has 7 nitrogen and oxygen atoms in total. The van der Waals surface area contributed by atoms with Crippen LogP contribution in [0.4, 0.5) is 0 Å². The van der Waals surface area contributed by atoms with Crippen molar-refractivity contribution in [1.82, 2.24) is 15.1 Å². The normalized spacial score (nSPS) is 15.4.